The van der Waals surface area contributed by atoms with Crippen LogP contribution < -0.4 is 16.0 Å². The molecule has 25 heavy (non-hydrogen) atoms. The quantitative estimate of drug-likeness (QED) is 0.518. The van der Waals surface area contributed by atoms with E-state index < -0.39 is 12.1 Å². The first-order valence-electron chi connectivity index (χ1n) is 8.85. The highest BCUT2D eigenvalue weighted by Gasteiger charge is 2.27. The van der Waals surface area contributed by atoms with Crippen LogP contribution in [0, 0.1) is 11.8 Å². The van der Waals surface area contributed by atoms with Gasteiger partial charge in [-0.15, -0.1) is 0 Å². The summed E-state index contributed by atoms with van der Waals surface area (Å²) in [5.74, 6) is -0.145. The van der Waals surface area contributed by atoms with Crippen molar-refractivity contribution in [2.24, 2.45) is 11.8 Å². The SMILES string of the molecule is CC(C)C[C@H](NC(=O)[C@H](NCCO)C(C)C)C(=O)Nc1ccccc1. The molecule has 0 bridgehead atoms. The summed E-state index contributed by atoms with van der Waals surface area (Å²) >= 11 is 0. The topological polar surface area (TPSA) is 90.5 Å². The zero-order chi connectivity index (χ0) is 18.8. The second kappa shape index (κ2) is 10.8. The van der Waals surface area contributed by atoms with E-state index in [1.54, 1.807) is 0 Å². The van der Waals surface area contributed by atoms with Crippen molar-refractivity contribution < 1.29 is 14.7 Å². The largest absolute Gasteiger partial charge is 0.395 e. The highest BCUT2D eigenvalue weighted by molar-refractivity contribution is 5.97. The van der Waals surface area contributed by atoms with Crippen LogP contribution in [-0.4, -0.2) is 42.2 Å². The van der Waals surface area contributed by atoms with Gasteiger partial charge in [-0.25, -0.2) is 0 Å². The second-order valence-corrected chi connectivity index (χ2v) is 6.95. The predicted molar refractivity (Wildman–Crippen MR) is 100 cm³/mol. The van der Waals surface area contributed by atoms with Crippen molar-refractivity contribution in [3.8, 4) is 0 Å². The summed E-state index contributed by atoms with van der Waals surface area (Å²) in [6.45, 7) is 8.17. The number of para-hydroxylation sites is 1. The van der Waals surface area contributed by atoms with Crippen LogP contribution in [0.1, 0.15) is 34.1 Å². The molecular weight excluding hydrogens is 318 g/mol. The maximum Gasteiger partial charge on any atom is 0.246 e. The van der Waals surface area contributed by atoms with E-state index in [0.717, 1.165) is 0 Å². The predicted octanol–water partition coefficient (Wildman–Crippen LogP) is 1.76. The van der Waals surface area contributed by atoms with Gasteiger partial charge in [0.15, 0.2) is 0 Å². The van der Waals surface area contributed by atoms with Crippen LogP contribution in [0.2, 0.25) is 0 Å². The van der Waals surface area contributed by atoms with Crippen LogP contribution in [0.5, 0.6) is 0 Å². The average Bonchev–Trinajstić information content (AvgIpc) is 2.54. The minimum Gasteiger partial charge on any atom is -0.395 e. The average molecular weight is 349 g/mol. The van der Waals surface area contributed by atoms with Crippen molar-refractivity contribution in [1.29, 1.82) is 0 Å². The number of amides is 2. The van der Waals surface area contributed by atoms with E-state index in [-0.39, 0.29) is 30.3 Å². The van der Waals surface area contributed by atoms with E-state index in [4.69, 9.17) is 5.11 Å². The van der Waals surface area contributed by atoms with E-state index >= 15 is 0 Å². The van der Waals surface area contributed by atoms with Gasteiger partial charge in [0.25, 0.3) is 0 Å². The second-order valence-electron chi connectivity index (χ2n) is 6.95. The number of rotatable bonds is 10. The maximum atomic E-state index is 12.6. The fraction of sp³-hybridized carbons (Fsp3) is 0.579. The molecule has 0 radical (unpaired) electrons. The number of hydrogen-bond donors (Lipinski definition) is 4. The molecular formula is C19H31N3O3. The zero-order valence-electron chi connectivity index (χ0n) is 15.6. The van der Waals surface area contributed by atoms with Crippen LogP contribution in [0.4, 0.5) is 5.69 Å². The molecule has 4 N–H and O–H groups in total. The van der Waals surface area contributed by atoms with Gasteiger partial charge < -0.3 is 21.1 Å². The minimum absolute atomic E-state index is 0.0413. The highest BCUT2D eigenvalue weighted by Crippen LogP contribution is 2.11. The number of anilines is 1. The van der Waals surface area contributed by atoms with Gasteiger partial charge in [-0.1, -0.05) is 45.9 Å². The number of hydrogen-bond acceptors (Lipinski definition) is 4. The molecule has 0 aliphatic heterocycles. The Morgan fingerprint density at radius 1 is 1.04 bits per heavy atom. The first-order chi connectivity index (χ1) is 11.8. The van der Waals surface area contributed by atoms with Gasteiger partial charge in [-0.05, 0) is 30.4 Å². The smallest absolute Gasteiger partial charge is 0.246 e. The van der Waals surface area contributed by atoms with Crippen molar-refractivity contribution in [2.75, 3.05) is 18.5 Å². The molecule has 1 aromatic rings. The molecule has 0 saturated carbocycles. The number of aliphatic hydroxyl groups excluding tert-OH is 1. The monoisotopic (exact) mass is 349 g/mol. The fourth-order valence-corrected chi connectivity index (χ4v) is 2.57. The Kier molecular flexibility index (Phi) is 9.16. The molecule has 0 heterocycles. The molecule has 0 unspecified atom stereocenters. The minimum atomic E-state index is -0.607. The summed E-state index contributed by atoms with van der Waals surface area (Å²) in [6, 6.07) is 8.13. The Hall–Kier alpha value is -1.92. The molecule has 2 atom stereocenters. The van der Waals surface area contributed by atoms with Crippen molar-refractivity contribution >= 4 is 17.5 Å². The number of carbonyl (C=O) groups is 2. The number of nitrogens with one attached hydrogen (secondary N) is 3. The molecule has 6 nitrogen and oxygen atoms in total. The number of carbonyl (C=O) groups excluding carboxylic acids is 2. The Morgan fingerprint density at radius 2 is 1.68 bits per heavy atom. The lowest BCUT2D eigenvalue weighted by atomic mass is 10.00. The molecule has 0 aliphatic carbocycles. The van der Waals surface area contributed by atoms with Gasteiger partial charge in [0.05, 0.1) is 12.6 Å². The third kappa shape index (κ3) is 7.67. The lowest BCUT2D eigenvalue weighted by Gasteiger charge is -2.26. The Labute approximate surface area is 150 Å². The van der Waals surface area contributed by atoms with Gasteiger partial charge in [0, 0.05) is 12.2 Å². The van der Waals surface area contributed by atoms with Crippen molar-refractivity contribution in [2.45, 2.75) is 46.2 Å². The van der Waals surface area contributed by atoms with Gasteiger partial charge in [0.2, 0.25) is 11.8 Å². The van der Waals surface area contributed by atoms with Gasteiger partial charge >= 0.3 is 0 Å². The lowest BCUT2D eigenvalue weighted by molar-refractivity contribution is -0.129. The summed E-state index contributed by atoms with van der Waals surface area (Å²) in [5.41, 5.74) is 0.703. The molecule has 2 amide bonds. The normalized spacial score (nSPS) is 13.6. The van der Waals surface area contributed by atoms with Crippen molar-refractivity contribution in [3.63, 3.8) is 0 Å². The molecule has 1 rings (SSSR count). The molecule has 0 saturated heterocycles. The van der Waals surface area contributed by atoms with Gasteiger partial charge in [-0.2, -0.15) is 0 Å². The summed E-state index contributed by atoms with van der Waals surface area (Å²) in [6.07, 6.45) is 0.551. The van der Waals surface area contributed by atoms with Gasteiger partial charge in [-0.3, -0.25) is 9.59 Å². The number of aliphatic hydroxyl groups is 1. The summed E-state index contributed by atoms with van der Waals surface area (Å²) in [5, 5.41) is 17.7. The maximum absolute atomic E-state index is 12.6. The van der Waals surface area contributed by atoms with Crippen molar-refractivity contribution in [1.82, 2.24) is 10.6 Å². The lowest BCUT2D eigenvalue weighted by Crippen LogP contribution is -2.54. The van der Waals surface area contributed by atoms with Crippen LogP contribution >= 0.6 is 0 Å². The zero-order valence-corrected chi connectivity index (χ0v) is 15.6. The first kappa shape index (κ1) is 21.1. The van der Waals surface area contributed by atoms with E-state index in [9.17, 15) is 9.59 Å². The Morgan fingerprint density at radius 3 is 2.20 bits per heavy atom. The third-order valence-corrected chi connectivity index (χ3v) is 3.81. The summed E-state index contributed by atoms with van der Waals surface area (Å²) in [4.78, 5) is 25.2. The standard InChI is InChI=1S/C19H31N3O3/c1-13(2)12-16(18(24)21-15-8-6-5-7-9-15)22-19(25)17(14(3)4)20-10-11-23/h5-9,13-14,16-17,20,23H,10-12H2,1-4H3,(H,21,24)(H,22,25)/t16-,17+/m0/s1. The molecule has 0 fully saturated rings. The van der Waals surface area contributed by atoms with E-state index in [0.29, 0.717) is 18.7 Å². The van der Waals surface area contributed by atoms with Crippen molar-refractivity contribution in [3.05, 3.63) is 30.3 Å². The Balaban J connectivity index is 2.79. The van der Waals surface area contributed by atoms with Crippen LogP contribution in [0.3, 0.4) is 0 Å². The highest BCUT2D eigenvalue weighted by atomic mass is 16.3. The van der Waals surface area contributed by atoms with E-state index in [2.05, 4.69) is 16.0 Å². The molecule has 0 aliphatic rings. The van der Waals surface area contributed by atoms with Crippen LogP contribution in [0.15, 0.2) is 30.3 Å². The molecule has 6 heteroatoms. The summed E-state index contributed by atoms with van der Waals surface area (Å²) in [7, 11) is 0. The van der Waals surface area contributed by atoms with E-state index in [1.165, 1.54) is 0 Å². The first-order valence-corrected chi connectivity index (χ1v) is 8.85. The summed E-state index contributed by atoms with van der Waals surface area (Å²) < 4.78 is 0. The van der Waals surface area contributed by atoms with Crippen LogP contribution in [-0.2, 0) is 9.59 Å². The molecule has 1 aromatic carbocycles. The Bertz CT molecular complexity index is 532. The van der Waals surface area contributed by atoms with Gasteiger partial charge in [0.1, 0.15) is 6.04 Å². The van der Waals surface area contributed by atoms with E-state index in [1.807, 2.05) is 58.0 Å². The molecule has 140 valence electrons. The molecule has 0 spiro atoms. The number of benzene rings is 1. The fourth-order valence-electron chi connectivity index (χ4n) is 2.57. The van der Waals surface area contributed by atoms with Crippen LogP contribution in [0.25, 0.3) is 0 Å². The molecule has 0 aromatic heterocycles. The third-order valence-electron chi connectivity index (χ3n) is 3.81.